The van der Waals surface area contributed by atoms with Crippen LogP contribution >= 0.6 is 12.2 Å². The van der Waals surface area contributed by atoms with Crippen molar-refractivity contribution in [3.8, 4) is 0 Å². The topological polar surface area (TPSA) is 91.8 Å². The monoisotopic (exact) mass is 576 g/mol. The normalized spacial score (nSPS) is 12.2. The van der Waals surface area contributed by atoms with Crippen molar-refractivity contribution in [3.05, 3.63) is 59.8 Å². The van der Waals surface area contributed by atoms with Crippen molar-refractivity contribution in [1.82, 2.24) is 15.2 Å². The van der Waals surface area contributed by atoms with Gasteiger partial charge in [0, 0.05) is 12.5 Å². The molecule has 0 saturated heterocycles. The van der Waals surface area contributed by atoms with Gasteiger partial charge >= 0.3 is 6.18 Å². The Bertz CT molecular complexity index is 1000. The molecule has 2 rings (SSSR count). The third kappa shape index (κ3) is 12.6. The second-order valence-electron chi connectivity index (χ2n) is 8.74. The van der Waals surface area contributed by atoms with E-state index in [-0.39, 0.29) is 37.5 Å². The minimum Gasteiger partial charge on any atom is -0.472 e. The Hall–Kier alpha value is -2.99. The van der Waals surface area contributed by atoms with Crippen molar-refractivity contribution in [3.63, 3.8) is 0 Å². The Morgan fingerprint density at radius 1 is 1.13 bits per heavy atom. The Balaban J connectivity index is 0.00000344. The zero-order chi connectivity index (χ0) is 28.9. The summed E-state index contributed by atoms with van der Waals surface area (Å²) < 4.78 is 56.9. The third-order valence-electron chi connectivity index (χ3n) is 5.50. The lowest BCUT2D eigenvalue weighted by Gasteiger charge is -2.28. The highest BCUT2D eigenvalue weighted by molar-refractivity contribution is 7.80. The second-order valence-corrected chi connectivity index (χ2v) is 9.12. The van der Waals surface area contributed by atoms with Crippen LogP contribution in [0.25, 0.3) is 0 Å². The molecule has 3 N–H and O–H groups in total. The maximum Gasteiger partial charge on any atom is 0.406 e. The summed E-state index contributed by atoms with van der Waals surface area (Å²) in [4.78, 5) is 25.8. The molecule has 39 heavy (non-hydrogen) atoms. The van der Waals surface area contributed by atoms with E-state index in [4.69, 9.17) is 22.5 Å². The molecular formula is C27H40F4N4O3S. The van der Waals surface area contributed by atoms with Crippen LogP contribution in [0.4, 0.5) is 17.6 Å². The van der Waals surface area contributed by atoms with Gasteiger partial charge in [-0.25, -0.2) is 10.2 Å². The first-order chi connectivity index (χ1) is 17.8. The van der Waals surface area contributed by atoms with Gasteiger partial charge in [-0.2, -0.15) is 13.2 Å². The van der Waals surface area contributed by atoms with Crippen LogP contribution in [-0.4, -0.2) is 46.1 Å². The molecule has 0 bridgehead atoms. The van der Waals surface area contributed by atoms with Crippen LogP contribution in [0.2, 0.25) is 0 Å². The zero-order valence-corrected chi connectivity index (χ0v) is 22.9. The Kier molecular flexibility index (Phi) is 16.2. The minimum absolute atomic E-state index is 0. The zero-order valence-electron chi connectivity index (χ0n) is 22.1. The number of carbonyl (C=O) groups is 2. The molecule has 0 aliphatic carbocycles. The van der Waals surface area contributed by atoms with Crippen LogP contribution in [0.15, 0.2) is 47.3 Å². The van der Waals surface area contributed by atoms with Gasteiger partial charge in [0.05, 0.1) is 17.9 Å². The predicted molar refractivity (Wildman–Crippen MR) is 148 cm³/mol. The van der Waals surface area contributed by atoms with Gasteiger partial charge in [-0.05, 0) is 62.2 Å². The van der Waals surface area contributed by atoms with Crippen LogP contribution in [0, 0.1) is 11.7 Å². The summed E-state index contributed by atoms with van der Waals surface area (Å²) in [5.41, 5.74) is 0.701. The van der Waals surface area contributed by atoms with Gasteiger partial charge in [-0.15, -0.1) is 0 Å². The fourth-order valence-electron chi connectivity index (χ4n) is 3.44. The summed E-state index contributed by atoms with van der Waals surface area (Å²) >= 11 is 5.22. The maximum atomic E-state index is 13.1. The number of benzene rings is 1. The van der Waals surface area contributed by atoms with E-state index < -0.39 is 42.3 Å². The molecule has 7 nitrogen and oxygen atoms in total. The van der Waals surface area contributed by atoms with Crippen LogP contribution in [-0.2, 0) is 4.79 Å². The highest BCUT2D eigenvalue weighted by Crippen LogP contribution is 2.21. The van der Waals surface area contributed by atoms with Crippen LogP contribution < -0.4 is 11.2 Å². The quantitative estimate of drug-likeness (QED) is 0.143. The standard InChI is InChI=1S/C23H28F4N4O3S.C3H8.CH4/c1-3-16(5-4-11-30(14-23(25,26)27)21(33)18-10-12-34-13-18)20(32)29-22(35)31(28)15(2)17-6-8-19(24)9-7-17;1-3-2;/h6-10,12-13,15-16H,3-5,11,14,28H2,1-2H3,(H,29,32,35);3H2,1-2H3;1H4/t15-,16?;;/m0../s1. The molecule has 220 valence electrons. The second kappa shape index (κ2) is 17.6. The van der Waals surface area contributed by atoms with Crippen molar-refractivity contribution in [2.24, 2.45) is 11.8 Å². The van der Waals surface area contributed by atoms with Crippen LogP contribution in [0.5, 0.6) is 0 Å². The van der Waals surface area contributed by atoms with Crippen molar-refractivity contribution in [2.75, 3.05) is 13.1 Å². The van der Waals surface area contributed by atoms with Gasteiger partial charge in [0.15, 0.2) is 5.11 Å². The molecule has 0 saturated carbocycles. The molecule has 0 radical (unpaired) electrons. The molecule has 12 heteroatoms. The Morgan fingerprint density at radius 3 is 2.21 bits per heavy atom. The molecule has 1 aromatic carbocycles. The maximum absolute atomic E-state index is 13.1. The van der Waals surface area contributed by atoms with Gasteiger partial charge in [-0.1, -0.05) is 46.8 Å². The van der Waals surface area contributed by atoms with E-state index in [1.54, 1.807) is 26.0 Å². The number of rotatable bonds is 10. The number of furan rings is 1. The first-order valence-corrected chi connectivity index (χ1v) is 12.8. The summed E-state index contributed by atoms with van der Waals surface area (Å²) in [6, 6.07) is 6.52. The highest BCUT2D eigenvalue weighted by atomic mass is 32.1. The Labute approximate surface area is 233 Å². The van der Waals surface area contributed by atoms with Crippen molar-refractivity contribution in [1.29, 1.82) is 0 Å². The summed E-state index contributed by atoms with van der Waals surface area (Å²) in [6.07, 6.45) is -0.232. The Morgan fingerprint density at radius 2 is 1.72 bits per heavy atom. The average Bonchev–Trinajstić information content (AvgIpc) is 3.39. The average molecular weight is 577 g/mol. The highest BCUT2D eigenvalue weighted by Gasteiger charge is 2.33. The lowest BCUT2D eigenvalue weighted by Crippen LogP contribution is -2.49. The summed E-state index contributed by atoms with van der Waals surface area (Å²) in [5.74, 6) is 3.84. The molecule has 0 aliphatic rings. The van der Waals surface area contributed by atoms with E-state index in [0.717, 1.165) is 6.26 Å². The van der Waals surface area contributed by atoms with Gasteiger partial charge in [0.25, 0.3) is 5.91 Å². The van der Waals surface area contributed by atoms with Gasteiger partial charge in [-0.3, -0.25) is 14.6 Å². The van der Waals surface area contributed by atoms with E-state index >= 15 is 0 Å². The van der Waals surface area contributed by atoms with E-state index in [2.05, 4.69) is 19.2 Å². The molecule has 0 fully saturated rings. The first-order valence-electron chi connectivity index (χ1n) is 12.4. The third-order valence-corrected chi connectivity index (χ3v) is 5.82. The molecular weight excluding hydrogens is 536 g/mol. The molecule has 1 heterocycles. The predicted octanol–water partition coefficient (Wildman–Crippen LogP) is 6.62. The van der Waals surface area contributed by atoms with Crippen molar-refractivity contribution >= 4 is 29.1 Å². The number of nitrogens with zero attached hydrogens (tertiary/aromatic N) is 2. The number of amides is 2. The molecule has 0 aliphatic heterocycles. The van der Waals surface area contributed by atoms with Gasteiger partial charge < -0.3 is 14.6 Å². The number of nitrogens with two attached hydrogens (primary N) is 1. The number of alkyl halides is 3. The number of hydrazine groups is 1. The first kappa shape index (κ1) is 36.0. The van der Waals surface area contributed by atoms with E-state index in [1.807, 2.05) is 0 Å². The number of thiocarbonyl (C=S) groups is 1. The number of hydrogen-bond acceptors (Lipinski definition) is 5. The van der Waals surface area contributed by atoms with Crippen LogP contribution in [0.1, 0.15) is 82.8 Å². The number of hydrogen-bond donors (Lipinski definition) is 2. The van der Waals surface area contributed by atoms with Crippen LogP contribution in [0.3, 0.4) is 0 Å². The minimum atomic E-state index is -4.57. The molecule has 2 amide bonds. The van der Waals surface area contributed by atoms with E-state index in [1.165, 1.54) is 35.9 Å². The fourth-order valence-corrected chi connectivity index (χ4v) is 3.70. The van der Waals surface area contributed by atoms with Gasteiger partial charge in [0.1, 0.15) is 18.6 Å². The number of halogens is 4. The van der Waals surface area contributed by atoms with E-state index in [0.29, 0.717) is 16.9 Å². The number of carbonyl (C=O) groups excluding carboxylic acids is 2. The summed E-state index contributed by atoms with van der Waals surface area (Å²) in [7, 11) is 0. The fraction of sp³-hybridized carbons (Fsp3) is 0.519. The van der Waals surface area contributed by atoms with Crippen molar-refractivity contribution < 1.29 is 31.6 Å². The lowest BCUT2D eigenvalue weighted by molar-refractivity contribution is -0.141. The van der Waals surface area contributed by atoms with Gasteiger partial charge in [0.2, 0.25) is 5.91 Å². The smallest absolute Gasteiger partial charge is 0.406 e. The molecule has 1 aromatic heterocycles. The largest absolute Gasteiger partial charge is 0.472 e. The SMILES string of the molecule is C.CCC.CCC(CCCN(CC(F)(F)F)C(=O)c1ccoc1)C(=O)NC(=S)N(N)[C@@H](C)c1ccc(F)cc1. The molecule has 2 aromatic rings. The van der Waals surface area contributed by atoms with E-state index in [9.17, 15) is 27.2 Å². The molecule has 1 unspecified atom stereocenters. The summed E-state index contributed by atoms with van der Waals surface area (Å²) in [5, 5.41) is 3.69. The lowest BCUT2D eigenvalue weighted by atomic mass is 9.99. The molecule has 2 atom stereocenters. The number of nitrogens with one attached hydrogen (secondary N) is 1. The summed E-state index contributed by atoms with van der Waals surface area (Å²) in [6.45, 7) is 6.14. The molecule has 0 spiro atoms. The van der Waals surface area contributed by atoms with Crippen molar-refractivity contribution in [2.45, 2.75) is 73.0 Å².